The van der Waals surface area contributed by atoms with Crippen molar-refractivity contribution in [2.24, 2.45) is 0 Å². The fourth-order valence-electron chi connectivity index (χ4n) is 12.7. The number of nitrogens with zero attached hydrogens (tertiary/aromatic N) is 8. The summed E-state index contributed by atoms with van der Waals surface area (Å²) in [6.45, 7) is 41.2. The van der Waals surface area contributed by atoms with Crippen LogP contribution in [0.3, 0.4) is 0 Å². The molecule has 598 valence electrons. The van der Waals surface area contributed by atoms with Gasteiger partial charge in [-0.2, -0.15) is 0 Å². The summed E-state index contributed by atoms with van der Waals surface area (Å²) in [7, 11) is 2.17. The summed E-state index contributed by atoms with van der Waals surface area (Å²) in [5, 5.41) is 14.1. The lowest BCUT2D eigenvalue weighted by molar-refractivity contribution is 0.00578. The van der Waals surface area contributed by atoms with E-state index < -0.39 is 55.0 Å². The van der Waals surface area contributed by atoms with Gasteiger partial charge in [-0.25, -0.2) is 23.1 Å². The summed E-state index contributed by atoms with van der Waals surface area (Å²) in [6.07, 6.45) is -2.19. The number of fused-ring (bicyclic) bond motifs is 3. The molecule has 4 aliphatic heterocycles. The molecule has 3 atom stereocenters. The number of hydrogen-bond donors (Lipinski definition) is 1. The number of anilines is 3. The van der Waals surface area contributed by atoms with Crippen LogP contribution in [0.5, 0.6) is 17.2 Å². The minimum Gasteiger partial charge on any atom is -0.491 e. The van der Waals surface area contributed by atoms with Crippen molar-refractivity contribution in [1.29, 1.82) is 0 Å². The molecular formula is C88H119BClF3N8O8Si2. The van der Waals surface area contributed by atoms with Gasteiger partial charge in [-0.15, -0.1) is 0 Å². The zero-order valence-corrected chi connectivity index (χ0v) is 71.4. The van der Waals surface area contributed by atoms with Crippen molar-refractivity contribution in [2.75, 3.05) is 154 Å². The maximum Gasteiger partial charge on any atom is 0.494 e. The lowest BCUT2D eigenvalue weighted by Gasteiger charge is -2.38. The Balaban J connectivity index is 0.000000160. The minimum atomic E-state index is -2.06. The van der Waals surface area contributed by atoms with Crippen molar-refractivity contribution < 1.29 is 50.6 Å². The van der Waals surface area contributed by atoms with Gasteiger partial charge in [-0.1, -0.05) is 114 Å². The molecule has 0 saturated carbocycles. The van der Waals surface area contributed by atoms with E-state index in [0.717, 1.165) is 139 Å². The third-order valence-corrected chi connectivity index (χ3v) is 32.1. The average Bonchev–Trinajstić information content (AvgIpc) is 1.62. The molecule has 7 aromatic carbocycles. The second-order valence-corrected chi connectivity index (χ2v) is 43.9. The Bertz CT molecular complexity index is 4430. The fourth-order valence-corrected chi connectivity index (χ4v) is 15.5. The molecule has 6 heterocycles. The highest BCUT2D eigenvalue weighted by Gasteiger charge is 2.52. The third kappa shape index (κ3) is 23.4. The second kappa shape index (κ2) is 37.8. The summed E-state index contributed by atoms with van der Waals surface area (Å²) in [4.78, 5) is 24.0. The molecule has 0 spiro atoms. The standard InChI is InChI=1S/C29H40FN3O2Si.C23H26FN3O2.C19H26ClFO2Si.C17H27BN2O2/c1-29(2,3)36(5,6)35-26(20-30)21-34-25-12-14-28-23(19-25)9-13-27(31-28)22-7-10-24(11-8-22)33-17-15-32(4)16-18-33;1-26-10-12-27(13-11-26)19-5-2-17(3-6-19)22-8-4-18-14-21(7-9-23(18)25-22)29-16-20(28)15-24;1-19(2,3)24(4,5)23-18(12-21)13-22-17-9-7-14-10-16(20)8-6-15(14)11-17;1-16(2)17(3,4)22-18(21-16)14-6-8-15(9-7-14)20-12-10-19(5)11-13-20/h7-14,19,26H,15-18,20-21H2,1-6H3;2-9,14,20,28H,10-13,15-16H2,1H3;6-11,18H,12-13H2,1-5H3;6-9H,10-13H2,1-5H3. The van der Waals surface area contributed by atoms with Crippen LogP contribution in [0.15, 0.2) is 170 Å². The average molecular weight is 1580 g/mol. The van der Waals surface area contributed by atoms with Crippen molar-refractivity contribution in [2.45, 2.75) is 135 Å². The lowest BCUT2D eigenvalue weighted by atomic mass is 9.79. The number of aliphatic hydroxyl groups is 1. The highest BCUT2D eigenvalue weighted by atomic mass is 35.5. The van der Waals surface area contributed by atoms with E-state index in [4.69, 9.17) is 53.9 Å². The first-order valence-corrected chi connectivity index (χ1v) is 45.4. The van der Waals surface area contributed by atoms with Gasteiger partial charge in [0, 0.05) is 123 Å². The molecule has 4 saturated heterocycles. The largest absolute Gasteiger partial charge is 0.494 e. The van der Waals surface area contributed by atoms with Crippen LogP contribution in [-0.2, 0) is 18.2 Å². The van der Waals surface area contributed by atoms with Crippen molar-refractivity contribution in [3.63, 3.8) is 0 Å². The van der Waals surface area contributed by atoms with Gasteiger partial charge >= 0.3 is 7.12 Å². The Morgan fingerprint density at radius 2 is 0.775 bits per heavy atom. The Morgan fingerprint density at radius 3 is 1.14 bits per heavy atom. The quantitative estimate of drug-likeness (QED) is 0.0645. The lowest BCUT2D eigenvalue weighted by Crippen LogP contribution is -2.46. The zero-order chi connectivity index (χ0) is 80.1. The van der Waals surface area contributed by atoms with Crippen LogP contribution in [0.2, 0.25) is 41.3 Å². The van der Waals surface area contributed by atoms with Gasteiger partial charge in [-0.05, 0) is 211 Å². The number of hydrogen-bond acceptors (Lipinski definition) is 16. The molecule has 0 bridgehead atoms. The summed E-state index contributed by atoms with van der Waals surface area (Å²) >= 11 is 5.99. The molecule has 0 aliphatic carbocycles. The molecule has 0 amide bonds. The molecule has 1 N–H and O–H groups in total. The monoisotopic (exact) mass is 1570 g/mol. The van der Waals surface area contributed by atoms with Crippen molar-refractivity contribution in [3.05, 3.63) is 175 Å². The predicted molar refractivity (Wildman–Crippen MR) is 459 cm³/mol. The normalized spacial score (nSPS) is 17.5. The van der Waals surface area contributed by atoms with Gasteiger partial charge in [0.15, 0.2) is 16.6 Å². The van der Waals surface area contributed by atoms with E-state index in [0.29, 0.717) is 22.3 Å². The first-order valence-electron chi connectivity index (χ1n) is 39.2. The number of ether oxygens (including phenoxy) is 3. The summed E-state index contributed by atoms with van der Waals surface area (Å²) < 4.78 is 81.1. The summed E-state index contributed by atoms with van der Waals surface area (Å²) in [5.74, 6) is 2.00. The van der Waals surface area contributed by atoms with E-state index in [-0.39, 0.29) is 48.2 Å². The van der Waals surface area contributed by atoms with Gasteiger partial charge < -0.3 is 66.9 Å². The molecule has 3 unspecified atom stereocenters. The van der Waals surface area contributed by atoms with E-state index in [1.54, 1.807) is 6.07 Å². The molecular weight excluding hydrogens is 1460 g/mol. The molecule has 2 aromatic heterocycles. The summed E-state index contributed by atoms with van der Waals surface area (Å²) in [6, 6.07) is 56.8. The molecule has 13 rings (SSSR count). The first kappa shape index (κ1) is 86.1. The van der Waals surface area contributed by atoms with Gasteiger partial charge in [0.2, 0.25) is 0 Å². The number of aromatic nitrogens is 2. The smallest absolute Gasteiger partial charge is 0.491 e. The first-order chi connectivity index (χ1) is 52.6. The second-order valence-electron chi connectivity index (χ2n) is 33.9. The van der Waals surface area contributed by atoms with E-state index in [9.17, 15) is 18.3 Å². The van der Waals surface area contributed by atoms with Gasteiger partial charge in [-0.3, -0.25) is 0 Å². The van der Waals surface area contributed by atoms with Crippen LogP contribution in [0, 0.1) is 0 Å². The van der Waals surface area contributed by atoms with Crippen LogP contribution < -0.4 is 34.4 Å². The highest BCUT2D eigenvalue weighted by molar-refractivity contribution is 6.74. The summed E-state index contributed by atoms with van der Waals surface area (Å²) in [5.41, 5.74) is 10.1. The number of aliphatic hydroxyl groups excluding tert-OH is 1. The fraction of sp³-hybridized carbons (Fsp3) is 0.477. The minimum absolute atomic E-state index is 0.0254. The number of alkyl halides is 3. The predicted octanol–water partition coefficient (Wildman–Crippen LogP) is 17.7. The molecule has 23 heteroatoms. The molecule has 4 aliphatic rings. The molecule has 111 heavy (non-hydrogen) atoms. The van der Waals surface area contributed by atoms with Crippen molar-refractivity contribution in [1.82, 2.24) is 24.7 Å². The van der Waals surface area contributed by atoms with Crippen LogP contribution in [0.4, 0.5) is 30.2 Å². The van der Waals surface area contributed by atoms with E-state index in [1.165, 1.54) is 17.1 Å². The van der Waals surface area contributed by atoms with Gasteiger partial charge in [0.05, 0.1) is 33.6 Å². The van der Waals surface area contributed by atoms with Crippen LogP contribution in [0.1, 0.15) is 69.2 Å². The van der Waals surface area contributed by atoms with E-state index in [2.05, 4.69) is 225 Å². The van der Waals surface area contributed by atoms with E-state index >= 15 is 0 Å². The number of pyridine rings is 2. The molecule has 16 nitrogen and oxygen atoms in total. The Hall–Kier alpha value is -7.32. The highest BCUT2D eigenvalue weighted by Crippen LogP contribution is 2.40. The molecule has 9 aromatic rings. The number of benzene rings is 7. The third-order valence-electron chi connectivity index (χ3n) is 22.8. The van der Waals surface area contributed by atoms with Crippen molar-refractivity contribution >= 4 is 90.5 Å². The Kier molecular flexibility index (Phi) is 29.3. The number of likely N-dealkylation sites (N-methyl/N-ethyl adjacent to an activating group) is 3. The van der Waals surface area contributed by atoms with Crippen LogP contribution in [0.25, 0.3) is 55.1 Å². The number of rotatable bonds is 22. The Morgan fingerprint density at radius 1 is 0.441 bits per heavy atom. The van der Waals surface area contributed by atoms with Crippen LogP contribution in [-0.4, -0.2) is 223 Å². The Labute approximate surface area is 665 Å². The maximum atomic E-state index is 13.7. The SMILES string of the molecule is CC(C)(C)[Si](C)(C)OC(CF)COc1ccc2cc(Cl)ccc2c1.CN1CCN(c2ccc(-c3ccc4cc(OCC(CF)O[Si](C)(C)C(C)(C)C)ccc4n3)cc2)CC1.CN1CCN(c2ccc(-c3ccc4cc(OCC(O)CF)ccc4n3)cc2)CC1.CN1CCN(c2ccc(B3OC(C)(C)C(C)(C)O3)cc2)CC1. The maximum absolute atomic E-state index is 13.7. The molecule has 4 fully saturated rings. The topological polar surface area (TPSA) is 130 Å². The van der Waals surface area contributed by atoms with Crippen LogP contribution >= 0.6 is 11.6 Å². The number of piperazine rings is 3. The zero-order valence-electron chi connectivity index (χ0n) is 68.6. The molecule has 0 radical (unpaired) electrons. The van der Waals surface area contributed by atoms with E-state index in [1.807, 2.05) is 84.9 Å². The number of halogens is 4. The van der Waals surface area contributed by atoms with Crippen molar-refractivity contribution in [3.8, 4) is 39.8 Å². The van der Waals surface area contributed by atoms with Gasteiger partial charge in [0.25, 0.3) is 0 Å². The van der Waals surface area contributed by atoms with Gasteiger partial charge in [0.1, 0.15) is 75.4 Å².